The van der Waals surface area contributed by atoms with E-state index in [1.807, 2.05) is 6.07 Å². The van der Waals surface area contributed by atoms with Gasteiger partial charge in [0, 0.05) is 11.6 Å². The van der Waals surface area contributed by atoms with Crippen molar-refractivity contribution in [3.8, 4) is 0 Å². The second-order valence-electron chi connectivity index (χ2n) is 4.75. The Balaban J connectivity index is 2.55. The third-order valence-electron chi connectivity index (χ3n) is 3.53. The number of benzene rings is 1. The average molecular weight is 272 g/mol. The first kappa shape index (κ1) is 14.3. The number of carbonyl (C=O) groups excluding carboxylic acids is 1. The number of nitrogens with zero attached hydrogens (tertiary/aromatic N) is 1. The van der Waals surface area contributed by atoms with Gasteiger partial charge in [-0.3, -0.25) is 5.32 Å². The first-order valence-corrected chi connectivity index (χ1v) is 6.90. The van der Waals surface area contributed by atoms with E-state index in [-0.39, 0.29) is 0 Å². The van der Waals surface area contributed by atoms with E-state index in [0.29, 0.717) is 12.4 Å². The molecule has 0 saturated heterocycles. The second kappa shape index (κ2) is 5.90. The Kier molecular flexibility index (Phi) is 4.23. The van der Waals surface area contributed by atoms with Crippen molar-refractivity contribution >= 4 is 22.7 Å². The molecule has 1 heterocycles. The van der Waals surface area contributed by atoms with Crippen molar-refractivity contribution in [1.82, 2.24) is 4.98 Å². The van der Waals surface area contributed by atoms with Crippen LogP contribution in [0.3, 0.4) is 0 Å². The van der Waals surface area contributed by atoms with Crippen LogP contribution in [0.2, 0.25) is 0 Å². The van der Waals surface area contributed by atoms with E-state index in [4.69, 9.17) is 4.74 Å². The fraction of sp³-hybridized carbons (Fsp3) is 0.375. The van der Waals surface area contributed by atoms with Crippen molar-refractivity contribution in [2.75, 3.05) is 11.9 Å². The summed E-state index contributed by atoms with van der Waals surface area (Å²) >= 11 is 0. The largest absolute Gasteiger partial charge is 0.450 e. The molecule has 2 aromatic rings. The van der Waals surface area contributed by atoms with Gasteiger partial charge in [0.2, 0.25) is 0 Å². The number of anilines is 1. The Bertz CT molecular complexity index is 650. The number of pyridine rings is 1. The molecule has 4 heteroatoms. The Morgan fingerprint density at radius 1 is 1.30 bits per heavy atom. The molecule has 0 bridgehead atoms. The van der Waals surface area contributed by atoms with Crippen molar-refractivity contribution in [3.05, 3.63) is 35.0 Å². The highest BCUT2D eigenvalue weighted by Gasteiger charge is 2.12. The lowest BCUT2D eigenvalue weighted by atomic mass is 9.95. The summed E-state index contributed by atoms with van der Waals surface area (Å²) in [4.78, 5) is 15.8. The molecule has 0 atom stereocenters. The van der Waals surface area contributed by atoms with Gasteiger partial charge in [-0.15, -0.1) is 0 Å². The van der Waals surface area contributed by atoms with Crippen LogP contribution < -0.4 is 5.32 Å². The SMILES string of the molecule is CCOC(=O)Nc1nccc2c(C)c(CC)c(C)cc12. The van der Waals surface area contributed by atoms with Crippen molar-refractivity contribution in [1.29, 1.82) is 0 Å². The molecule has 0 unspecified atom stereocenters. The number of amides is 1. The molecular formula is C16H20N2O2. The molecule has 2 rings (SSSR count). The monoisotopic (exact) mass is 272 g/mol. The molecule has 0 fully saturated rings. The zero-order valence-corrected chi connectivity index (χ0v) is 12.4. The molecule has 0 spiro atoms. The van der Waals surface area contributed by atoms with Gasteiger partial charge in [-0.05, 0) is 61.4 Å². The van der Waals surface area contributed by atoms with Crippen LogP contribution in [0.15, 0.2) is 18.3 Å². The topological polar surface area (TPSA) is 51.2 Å². The highest BCUT2D eigenvalue weighted by Crippen LogP contribution is 2.29. The predicted octanol–water partition coefficient (Wildman–Crippen LogP) is 3.98. The van der Waals surface area contributed by atoms with Gasteiger partial charge in [-0.25, -0.2) is 9.78 Å². The zero-order valence-electron chi connectivity index (χ0n) is 12.4. The van der Waals surface area contributed by atoms with Crippen LogP contribution in [0, 0.1) is 13.8 Å². The summed E-state index contributed by atoms with van der Waals surface area (Å²) in [5.74, 6) is 0.551. The molecule has 20 heavy (non-hydrogen) atoms. The molecule has 1 aromatic carbocycles. The highest BCUT2D eigenvalue weighted by atomic mass is 16.5. The molecule has 106 valence electrons. The summed E-state index contributed by atoms with van der Waals surface area (Å²) in [5.41, 5.74) is 3.82. The van der Waals surface area contributed by atoms with Crippen LogP contribution in [-0.2, 0) is 11.2 Å². The highest BCUT2D eigenvalue weighted by molar-refractivity contribution is 6.00. The van der Waals surface area contributed by atoms with Gasteiger partial charge in [0.1, 0.15) is 5.82 Å². The maximum atomic E-state index is 11.6. The fourth-order valence-electron chi connectivity index (χ4n) is 2.62. The first-order valence-electron chi connectivity index (χ1n) is 6.90. The molecule has 1 N–H and O–H groups in total. The second-order valence-corrected chi connectivity index (χ2v) is 4.75. The van der Waals surface area contributed by atoms with E-state index in [1.165, 1.54) is 16.7 Å². The molecule has 0 saturated carbocycles. The fourth-order valence-corrected chi connectivity index (χ4v) is 2.62. The number of ether oxygens (including phenoxy) is 1. The lowest BCUT2D eigenvalue weighted by Gasteiger charge is -2.14. The zero-order chi connectivity index (χ0) is 14.7. The van der Waals surface area contributed by atoms with E-state index in [0.717, 1.165) is 17.2 Å². The lowest BCUT2D eigenvalue weighted by molar-refractivity contribution is 0.168. The van der Waals surface area contributed by atoms with Gasteiger partial charge < -0.3 is 4.74 Å². The molecule has 0 aliphatic carbocycles. The van der Waals surface area contributed by atoms with Crippen molar-refractivity contribution in [2.24, 2.45) is 0 Å². The smallest absolute Gasteiger partial charge is 0.412 e. The van der Waals surface area contributed by atoms with Crippen LogP contribution in [-0.4, -0.2) is 17.7 Å². The number of hydrogen-bond donors (Lipinski definition) is 1. The van der Waals surface area contributed by atoms with E-state index in [2.05, 4.69) is 37.1 Å². The molecule has 0 aliphatic rings. The quantitative estimate of drug-likeness (QED) is 0.919. The van der Waals surface area contributed by atoms with E-state index < -0.39 is 6.09 Å². The predicted molar refractivity (Wildman–Crippen MR) is 81.2 cm³/mol. The summed E-state index contributed by atoms with van der Waals surface area (Å²) in [6.07, 6.45) is 2.24. The first-order chi connectivity index (χ1) is 9.58. The van der Waals surface area contributed by atoms with Gasteiger partial charge in [-0.1, -0.05) is 6.92 Å². The van der Waals surface area contributed by atoms with E-state index in [1.54, 1.807) is 13.1 Å². The molecule has 1 aromatic heterocycles. The maximum absolute atomic E-state index is 11.6. The Morgan fingerprint density at radius 3 is 2.70 bits per heavy atom. The number of fused-ring (bicyclic) bond motifs is 1. The Hall–Kier alpha value is -2.10. The van der Waals surface area contributed by atoms with Gasteiger partial charge in [0.15, 0.2) is 0 Å². The number of rotatable bonds is 3. The van der Waals surface area contributed by atoms with E-state index >= 15 is 0 Å². The lowest BCUT2D eigenvalue weighted by Crippen LogP contribution is -2.14. The summed E-state index contributed by atoms with van der Waals surface area (Å²) < 4.78 is 4.91. The number of aryl methyl sites for hydroxylation is 2. The molecule has 0 aliphatic heterocycles. The molecule has 0 radical (unpaired) electrons. The third-order valence-corrected chi connectivity index (χ3v) is 3.53. The van der Waals surface area contributed by atoms with Gasteiger partial charge >= 0.3 is 6.09 Å². The summed E-state index contributed by atoms with van der Waals surface area (Å²) in [5, 5.41) is 4.78. The van der Waals surface area contributed by atoms with Gasteiger partial charge in [0.05, 0.1) is 6.61 Å². The van der Waals surface area contributed by atoms with E-state index in [9.17, 15) is 4.79 Å². The summed E-state index contributed by atoms with van der Waals surface area (Å²) in [7, 11) is 0. The molecular weight excluding hydrogens is 252 g/mol. The van der Waals surface area contributed by atoms with Crippen LogP contribution in [0.4, 0.5) is 10.6 Å². The molecule has 4 nitrogen and oxygen atoms in total. The minimum absolute atomic E-state index is 0.342. The maximum Gasteiger partial charge on any atom is 0.412 e. The van der Waals surface area contributed by atoms with Crippen LogP contribution in [0.25, 0.3) is 10.8 Å². The molecule has 1 amide bonds. The van der Waals surface area contributed by atoms with Crippen molar-refractivity contribution in [3.63, 3.8) is 0 Å². The minimum atomic E-state index is -0.470. The average Bonchev–Trinajstić information content (AvgIpc) is 2.40. The number of carbonyl (C=O) groups is 1. The normalized spacial score (nSPS) is 10.6. The summed E-state index contributed by atoms with van der Waals surface area (Å²) in [6.45, 7) is 8.47. The number of hydrogen-bond acceptors (Lipinski definition) is 3. The van der Waals surface area contributed by atoms with Crippen molar-refractivity contribution < 1.29 is 9.53 Å². The number of nitrogens with one attached hydrogen (secondary N) is 1. The third kappa shape index (κ3) is 2.59. The minimum Gasteiger partial charge on any atom is -0.450 e. The summed E-state index contributed by atoms with van der Waals surface area (Å²) in [6, 6.07) is 4.06. The van der Waals surface area contributed by atoms with Crippen molar-refractivity contribution in [2.45, 2.75) is 34.1 Å². The van der Waals surface area contributed by atoms with Gasteiger partial charge in [0.25, 0.3) is 0 Å². The van der Waals surface area contributed by atoms with Gasteiger partial charge in [-0.2, -0.15) is 0 Å². The Morgan fingerprint density at radius 2 is 2.05 bits per heavy atom. The van der Waals surface area contributed by atoms with Crippen LogP contribution >= 0.6 is 0 Å². The standard InChI is InChI=1S/C16H20N2O2/c1-5-12-10(3)9-14-13(11(12)4)7-8-17-15(14)18-16(19)20-6-2/h7-9H,5-6H2,1-4H3,(H,17,18,19). The number of aromatic nitrogens is 1. The van der Waals surface area contributed by atoms with Crippen LogP contribution in [0.1, 0.15) is 30.5 Å². The Labute approximate surface area is 119 Å². The van der Waals surface area contributed by atoms with Crippen LogP contribution in [0.5, 0.6) is 0 Å².